The van der Waals surface area contributed by atoms with Crippen molar-refractivity contribution in [3.05, 3.63) is 180 Å². The maximum Gasteiger partial charge on any atom is 0.135 e. The predicted octanol–water partition coefficient (Wildman–Crippen LogP) is 11.8. The first-order chi connectivity index (χ1) is 31.2. The zero-order valence-corrected chi connectivity index (χ0v) is 23.4. The van der Waals surface area contributed by atoms with E-state index in [1.807, 2.05) is 12.1 Å². The fourth-order valence-corrected chi connectivity index (χ4v) is 7.25. The quantitative estimate of drug-likeness (QED) is 0.182. The van der Waals surface area contributed by atoms with Crippen LogP contribution in [0.15, 0.2) is 157 Å². The fourth-order valence-electron chi connectivity index (χ4n) is 7.25. The van der Waals surface area contributed by atoms with E-state index in [0.717, 1.165) is 0 Å². The van der Waals surface area contributed by atoms with Crippen molar-refractivity contribution in [2.24, 2.45) is 0 Å². The van der Waals surface area contributed by atoms with E-state index in [4.69, 9.17) is 14.3 Å². The van der Waals surface area contributed by atoms with Gasteiger partial charge in [-0.1, -0.05) is 133 Å². The minimum absolute atomic E-state index is 0.0253. The van der Waals surface area contributed by atoms with E-state index in [2.05, 4.69) is 0 Å². The van der Waals surface area contributed by atoms with Gasteiger partial charge in [0.1, 0.15) is 11.5 Å². The van der Waals surface area contributed by atoms with Gasteiger partial charge in [-0.05, 0) is 102 Å². The Bertz CT molecular complexity index is 3740. The lowest BCUT2D eigenvalue weighted by molar-refractivity contribution is 0.487. The van der Waals surface area contributed by atoms with Crippen LogP contribution in [0.5, 0.6) is 11.5 Å². The van der Waals surface area contributed by atoms with Crippen LogP contribution in [-0.2, 0) is 5.41 Å². The summed E-state index contributed by atoms with van der Waals surface area (Å²) in [5.74, 6) is 0.190. The lowest BCUT2D eigenvalue weighted by Gasteiger charge is -2.31. The molecule has 0 aromatic heterocycles. The largest absolute Gasteiger partial charge is 0.456 e. The molecule has 0 amide bonds. The summed E-state index contributed by atoms with van der Waals surface area (Å²) in [7, 11) is 0. The standard InChI is InChI=1S/C45H26O/c1-2-12-31-27(9-1)20-23-39-44(31)35-14-4-6-17-38(35)45(39)37-16-5-3-13-32(37)33-22-19-30(26-40(33)45)29-21-24-41-36(25-29)34-15-7-10-28-11-8-18-42(46-41)43(28)34/h1-26H/i1D,2D,3D,4D,5D,6D,9D,12D,13D,14D,16D,17D,19D,20D,21D,22D,23D,24D,25D,26D. The van der Waals surface area contributed by atoms with Crippen molar-refractivity contribution in [2.75, 3.05) is 0 Å². The molecule has 8 aromatic carbocycles. The van der Waals surface area contributed by atoms with Crippen LogP contribution in [0.3, 0.4) is 0 Å². The maximum atomic E-state index is 10.3. The Kier molecular flexibility index (Phi) is 2.34. The van der Waals surface area contributed by atoms with Crippen molar-refractivity contribution < 1.29 is 32.2 Å². The normalized spacial score (nSPS) is 22.2. The van der Waals surface area contributed by atoms with Crippen LogP contribution < -0.4 is 4.74 Å². The van der Waals surface area contributed by atoms with Crippen LogP contribution in [0.25, 0.3) is 66.1 Å². The summed E-state index contributed by atoms with van der Waals surface area (Å²) < 4.78 is 192. The monoisotopic (exact) mass is 602 g/mol. The lowest BCUT2D eigenvalue weighted by atomic mass is 9.70. The van der Waals surface area contributed by atoms with Gasteiger partial charge in [-0.3, -0.25) is 0 Å². The second kappa shape index (κ2) is 8.62. The van der Waals surface area contributed by atoms with Crippen LogP contribution in [0.2, 0.25) is 0 Å². The van der Waals surface area contributed by atoms with Gasteiger partial charge < -0.3 is 4.74 Å². The molecule has 212 valence electrons. The second-order valence-electron chi connectivity index (χ2n) is 11.2. The topological polar surface area (TPSA) is 9.23 Å². The number of rotatable bonds is 1. The predicted molar refractivity (Wildman–Crippen MR) is 189 cm³/mol. The molecule has 0 radical (unpaired) electrons. The average Bonchev–Trinajstić information content (AvgIpc) is 3.79. The molecule has 8 aromatic rings. The van der Waals surface area contributed by atoms with Crippen LogP contribution in [0.4, 0.5) is 0 Å². The van der Waals surface area contributed by atoms with E-state index >= 15 is 0 Å². The summed E-state index contributed by atoms with van der Waals surface area (Å²) in [5, 5.41) is 0.348. The highest BCUT2D eigenvalue weighted by molar-refractivity contribution is 6.07. The number of benzene rings is 8. The van der Waals surface area contributed by atoms with E-state index in [9.17, 15) is 17.8 Å². The maximum absolute atomic E-state index is 10.3. The smallest absolute Gasteiger partial charge is 0.135 e. The number of fused-ring (bicyclic) bond motifs is 14. The van der Waals surface area contributed by atoms with Gasteiger partial charge in [0.05, 0.1) is 32.8 Å². The van der Waals surface area contributed by atoms with Gasteiger partial charge in [0.2, 0.25) is 0 Å². The molecule has 0 bridgehead atoms. The molecule has 1 unspecified atom stereocenters. The van der Waals surface area contributed by atoms with E-state index in [-0.39, 0.29) is 11.3 Å². The van der Waals surface area contributed by atoms with Gasteiger partial charge in [-0.2, -0.15) is 0 Å². The second-order valence-corrected chi connectivity index (χ2v) is 11.2. The van der Waals surface area contributed by atoms with Gasteiger partial charge >= 0.3 is 0 Å². The van der Waals surface area contributed by atoms with Crippen LogP contribution in [-0.4, -0.2) is 0 Å². The van der Waals surface area contributed by atoms with Crippen LogP contribution in [0, 0.1) is 0 Å². The first-order valence-corrected chi connectivity index (χ1v) is 14.4. The minimum atomic E-state index is -2.69. The first-order valence-electron chi connectivity index (χ1n) is 24.4. The zero-order valence-electron chi connectivity index (χ0n) is 43.4. The molecule has 1 spiro atoms. The van der Waals surface area contributed by atoms with Gasteiger partial charge in [0.25, 0.3) is 0 Å². The van der Waals surface area contributed by atoms with Crippen molar-refractivity contribution in [1.82, 2.24) is 0 Å². The Labute approximate surface area is 295 Å². The van der Waals surface area contributed by atoms with Gasteiger partial charge in [0, 0.05) is 10.9 Å². The first kappa shape index (κ1) is 12.5. The zero-order chi connectivity index (χ0) is 47.4. The summed E-state index contributed by atoms with van der Waals surface area (Å²) in [5.41, 5.74) is -7.20. The molecule has 0 N–H and O–H groups in total. The number of hydrogen-bond acceptors (Lipinski definition) is 1. The lowest BCUT2D eigenvalue weighted by Crippen LogP contribution is -2.25. The molecular formula is C45H26O. The summed E-state index contributed by atoms with van der Waals surface area (Å²) in [6, 6.07) is -5.10. The molecule has 1 heteroatoms. The Morgan fingerprint density at radius 3 is 2.09 bits per heavy atom. The van der Waals surface area contributed by atoms with Gasteiger partial charge in [-0.25, -0.2) is 0 Å². The van der Waals surface area contributed by atoms with Gasteiger partial charge in [0.15, 0.2) is 0 Å². The Morgan fingerprint density at radius 1 is 0.457 bits per heavy atom. The molecular weight excluding hydrogens is 556 g/mol. The number of ether oxygens (including phenoxy) is 1. The number of hydrogen-bond donors (Lipinski definition) is 0. The fraction of sp³-hybridized carbons (Fsp3) is 0.0222. The van der Waals surface area contributed by atoms with Crippen LogP contribution in [0.1, 0.15) is 49.7 Å². The molecule has 1 heterocycles. The van der Waals surface area contributed by atoms with Crippen molar-refractivity contribution in [3.63, 3.8) is 0 Å². The third-order valence-corrected chi connectivity index (χ3v) is 9.06. The Hall–Kier alpha value is -5.92. The Balaban J connectivity index is 1.42. The molecule has 2 aliphatic carbocycles. The van der Waals surface area contributed by atoms with E-state index in [1.54, 1.807) is 24.3 Å². The van der Waals surface area contributed by atoms with E-state index in [0.29, 0.717) is 22.1 Å². The molecule has 0 saturated carbocycles. The average molecular weight is 603 g/mol. The third-order valence-electron chi connectivity index (χ3n) is 9.06. The SMILES string of the molecule is [2H]c1c([2H])c([2H])c2c(c1[2H])-c1c([2H])c([2H])c(-c3c([2H])c([2H])c4c(c3[2H])-c3cccc5cccc(c35)O4)c([2H])c1C21c2c([2H])c([2H])c([2H])c([2H])c2-c2c1c([2H])c([2H])c1c([2H])c([2H])c([2H])c([2H])c21. The van der Waals surface area contributed by atoms with Crippen molar-refractivity contribution in [2.45, 2.75) is 5.41 Å². The van der Waals surface area contributed by atoms with E-state index < -0.39 is 193 Å². The van der Waals surface area contributed by atoms with Crippen molar-refractivity contribution >= 4 is 21.5 Å². The highest BCUT2D eigenvalue weighted by atomic mass is 16.5. The molecule has 1 nitrogen and oxygen atoms in total. The van der Waals surface area contributed by atoms with Crippen molar-refractivity contribution in [3.8, 4) is 56.0 Å². The molecule has 1 aliphatic heterocycles. The minimum Gasteiger partial charge on any atom is -0.456 e. The summed E-state index contributed by atoms with van der Waals surface area (Å²) >= 11 is 0. The summed E-state index contributed by atoms with van der Waals surface area (Å²) in [4.78, 5) is 0. The molecule has 0 saturated heterocycles. The molecule has 3 aliphatic rings. The highest BCUT2D eigenvalue weighted by Gasteiger charge is 2.52. The highest BCUT2D eigenvalue weighted by Crippen LogP contribution is 2.64. The van der Waals surface area contributed by atoms with Crippen LogP contribution >= 0.6 is 0 Å². The Morgan fingerprint density at radius 2 is 1.17 bits per heavy atom. The molecule has 11 rings (SSSR count). The summed E-state index contributed by atoms with van der Waals surface area (Å²) in [6.45, 7) is 0. The molecule has 46 heavy (non-hydrogen) atoms. The molecule has 1 atom stereocenters. The van der Waals surface area contributed by atoms with E-state index in [1.165, 1.54) is 0 Å². The van der Waals surface area contributed by atoms with Crippen molar-refractivity contribution in [1.29, 1.82) is 0 Å². The third kappa shape index (κ3) is 2.91. The van der Waals surface area contributed by atoms with Gasteiger partial charge in [-0.15, -0.1) is 0 Å². The summed E-state index contributed by atoms with van der Waals surface area (Å²) in [6.07, 6.45) is 0. The molecule has 0 fully saturated rings.